The summed E-state index contributed by atoms with van der Waals surface area (Å²) in [6.07, 6.45) is 41.2. The largest absolute Gasteiger partial charge is 0.393 e. The van der Waals surface area contributed by atoms with Crippen molar-refractivity contribution in [2.45, 2.75) is 206 Å². The van der Waals surface area contributed by atoms with Crippen LogP contribution in [0.15, 0.2) is 12.2 Å². The van der Waals surface area contributed by atoms with Crippen LogP contribution in [0.5, 0.6) is 0 Å². The zero-order valence-electron chi connectivity index (χ0n) is 26.6. The van der Waals surface area contributed by atoms with E-state index in [9.17, 15) is 9.59 Å². The van der Waals surface area contributed by atoms with Crippen LogP contribution in [0.25, 0.3) is 0 Å². The highest BCUT2D eigenvalue weighted by atomic mass is 16.6. The second-order valence-electron chi connectivity index (χ2n) is 11.9. The summed E-state index contributed by atoms with van der Waals surface area (Å²) in [4.78, 5) is 23.8. The molecule has 0 bridgehead atoms. The van der Waals surface area contributed by atoms with Crippen molar-refractivity contribution >= 4 is 11.9 Å². The van der Waals surface area contributed by atoms with E-state index in [2.05, 4.69) is 26.0 Å². The molecule has 0 saturated carbocycles. The predicted octanol–water partition coefficient (Wildman–Crippen LogP) is 12.4. The molecule has 3 nitrogen and oxygen atoms in total. The van der Waals surface area contributed by atoms with Crippen molar-refractivity contribution in [2.24, 2.45) is 0 Å². The number of carbonyl (C=O) groups is 2. The number of carbonyl (C=O) groups excluding carboxylic acids is 2. The van der Waals surface area contributed by atoms with Crippen molar-refractivity contribution in [1.82, 2.24) is 0 Å². The molecule has 0 aliphatic rings. The number of unbranched alkanes of at least 4 members (excludes halogenated alkanes) is 25. The van der Waals surface area contributed by atoms with Crippen LogP contribution in [-0.2, 0) is 14.3 Å². The Bertz CT molecular complexity index is 539. The molecule has 0 aromatic carbocycles. The van der Waals surface area contributed by atoms with Crippen LogP contribution in [0.3, 0.4) is 0 Å². The molecule has 0 radical (unpaired) electrons. The van der Waals surface area contributed by atoms with Crippen LogP contribution < -0.4 is 0 Å². The highest BCUT2D eigenvalue weighted by Gasteiger charge is 2.09. The van der Waals surface area contributed by atoms with Crippen LogP contribution in [0.1, 0.15) is 206 Å². The highest BCUT2D eigenvalue weighted by Crippen LogP contribution is 2.14. The Morgan fingerprint density at radius 3 is 0.949 bits per heavy atom. The molecule has 0 heterocycles. The van der Waals surface area contributed by atoms with Gasteiger partial charge >= 0.3 is 11.9 Å². The fourth-order valence-electron chi connectivity index (χ4n) is 5.21. The van der Waals surface area contributed by atoms with E-state index < -0.39 is 0 Å². The van der Waals surface area contributed by atoms with Crippen LogP contribution >= 0.6 is 0 Å². The lowest BCUT2D eigenvalue weighted by atomic mass is 10.0. The second-order valence-corrected chi connectivity index (χ2v) is 11.9. The van der Waals surface area contributed by atoms with Gasteiger partial charge in [-0.1, -0.05) is 167 Å². The van der Waals surface area contributed by atoms with Crippen LogP contribution in [0.2, 0.25) is 0 Å². The molecular formula is C36H68O3. The summed E-state index contributed by atoms with van der Waals surface area (Å²) in [5.41, 5.74) is 0. The van der Waals surface area contributed by atoms with Crippen LogP contribution in [0.4, 0.5) is 0 Å². The summed E-state index contributed by atoms with van der Waals surface area (Å²) in [6.45, 7) is 4.54. The van der Waals surface area contributed by atoms with Crippen molar-refractivity contribution in [2.75, 3.05) is 0 Å². The fourth-order valence-corrected chi connectivity index (χ4v) is 5.21. The van der Waals surface area contributed by atoms with E-state index in [-0.39, 0.29) is 11.9 Å². The van der Waals surface area contributed by atoms with Gasteiger partial charge < -0.3 is 4.74 Å². The lowest BCUT2D eigenvalue weighted by Gasteiger charge is -2.04. The van der Waals surface area contributed by atoms with Gasteiger partial charge in [-0.3, -0.25) is 9.59 Å². The summed E-state index contributed by atoms with van der Waals surface area (Å²) < 4.78 is 5.00. The van der Waals surface area contributed by atoms with Gasteiger partial charge in [-0.15, -0.1) is 0 Å². The maximum absolute atomic E-state index is 11.9. The maximum atomic E-state index is 11.9. The molecule has 0 aliphatic carbocycles. The quantitative estimate of drug-likeness (QED) is 0.0374. The van der Waals surface area contributed by atoms with Gasteiger partial charge in [0.25, 0.3) is 0 Å². The Hall–Kier alpha value is -1.12. The lowest BCUT2D eigenvalue weighted by molar-refractivity contribution is -0.159. The van der Waals surface area contributed by atoms with Crippen molar-refractivity contribution in [3.8, 4) is 0 Å². The first-order chi connectivity index (χ1) is 19.2. The molecule has 0 saturated heterocycles. The van der Waals surface area contributed by atoms with Gasteiger partial charge in [0.15, 0.2) is 0 Å². The lowest BCUT2D eigenvalue weighted by Crippen LogP contribution is -2.11. The number of ether oxygens (including phenoxy) is 1. The van der Waals surface area contributed by atoms with E-state index >= 15 is 0 Å². The fraction of sp³-hybridized carbons (Fsp3) is 0.889. The number of rotatable bonds is 31. The van der Waals surface area contributed by atoms with Crippen molar-refractivity contribution < 1.29 is 14.3 Å². The number of hydrogen-bond acceptors (Lipinski definition) is 3. The highest BCUT2D eigenvalue weighted by molar-refractivity contribution is 5.85. The van der Waals surface area contributed by atoms with Gasteiger partial charge in [-0.25, -0.2) is 0 Å². The first kappa shape index (κ1) is 37.9. The van der Waals surface area contributed by atoms with Crippen molar-refractivity contribution in [3.05, 3.63) is 12.2 Å². The van der Waals surface area contributed by atoms with Gasteiger partial charge in [0.05, 0.1) is 0 Å². The van der Waals surface area contributed by atoms with Gasteiger partial charge in [-0.05, 0) is 38.5 Å². The minimum atomic E-state index is -0.335. The van der Waals surface area contributed by atoms with E-state index in [1.54, 1.807) is 0 Å². The molecule has 0 aliphatic heterocycles. The zero-order valence-corrected chi connectivity index (χ0v) is 26.6. The first-order valence-corrected chi connectivity index (χ1v) is 17.6. The number of allylic oxidation sites excluding steroid dienone is 2. The van der Waals surface area contributed by atoms with E-state index in [1.807, 2.05) is 0 Å². The number of hydrogen-bond donors (Lipinski definition) is 0. The average molecular weight is 549 g/mol. The summed E-state index contributed by atoms with van der Waals surface area (Å²) in [5, 5.41) is 0. The molecule has 39 heavy (non-hydrogen) atoms. The third-order valence-electron chi connectivity index (χ3n) is 7.85. The summed E-state index contributed by atoms with van der Waals surface area (Å²) in [6, 6.07) is 0. The minimum absolute atomic E-state index is 0.331. The van der Waals surface area contributed by atoms with Crippen LogP contribution in [-0.4, -0.2) is 11.9 Å². The molecule has 0 rings (SSSR count). The Kier molecular flexibility index (Phi) is 32.1. The third kappa shape index (κ3) is 33.0. The smallest absolute Gasteiger partial charge is 0.313 e. The Labute approximate surface area is 244 Å². The Balaban J connectivity index is 3.32. The monoisotopic (exact) mass is 549 g/mol. The topological polar surface area (TPSA) is 43.4 Å². The second kappa shape index (κ2) is 33.1. The summed E-state index contributed by atoms with van der Waals surface area (Å²) in [5.74, 6) is -0.666. The van der Waals surface area contributed by atoms with E-state index in [0.29, 0.717) is 12.8 Å². The SMILES string of the molecule is CCCCCCCC/C=C\CCCCCCCC(=O)OC(=O)CCCCCCCCCCCCCCCCC. The van der Waals surface area contributed by atoms with Crippen molar-refractivity contribution in [3.63, 3.8) is 0 Å². The number of esters is 2. The molecule has 0 atom stereocenters. The summed E-state index contributed by atoms with van der Waals surface area (Å²) >= 11 is 0. The van der Waals surface area contributed by atoms with E-state index in [4.69, 9.17) is 4.74 Å². The average Bonchev–Trinajstić information content (AvgIpc) is 2.93. The standard InChI is InChI=1S/C36H68O3/c1-3-5-7-9-11-13-15-17-19-21-23-25-27-29-31-33-35(37)39-36(38)34-32-30-28-26-24-22-20-18-16-14-12-10-8-6-4-2/h17,19H,3-16,18,20-34H2,1-2H3/b19-17-. The van der Waals surface area contributed by atoms with Gasteiger partial charge in [0.1, 0.15) is 0 Å². The van der Waals surface area contributed by atoms with Crippen molar-refractivity contribution in [1.29, 1.82) is 0 Å². The third-order valence-corrected chi connectivity index (χ3v) is 7.85. The predicted molar refractivity (Wildman–Crippen MR) is 170 cm³/mol. The molecule has 0 aromatic heterocycles. The van der Waals surface area contributed by atoms with Gasteiger partial charge in [0.2, 0.25) is 0 Å². The minimum Gasteiger partial charge on any atom is -0.393 e. The Morgan fingerprint density at radius 1 is 0.385 bits per heavy atom. The molecule has 0 spiro atoms. The maximum Gasteiger partial charge on any atom is 0.313 e. The molecule has 0 N–H and O–H groups in total. The van der Waals surface area contributed by atoms with Gasteiger partial charge in [-0.2, -0.15) is 0 Å². The molecule has 0 amide bonds. The Morgan fingerprint density at radius 2 is 0.641 bits per heavy atom. The summed E-state index contributed by atoms with van der Waals surface area (Å²) in [7, 11) is 0. The van der Waals surface area contributed by atoms with Gasteiger partial charge in [0, 0.05) is 12.8 Å². The molecule has 0 unspecified atom stereocenters. The molecular weight excluding hydrogens is 480 g/mol. The molecule has 0 aromatic rings. The molecule has 230 valence electrons. The normalized spacial score (nSPS) is 11.4. The van der Waals surface area contributed by atoms with E-state index in [1.165, 1.54) is 148 Å². The first-order valence-electron chi connectivity index (χ1n) is 17.6. The van der Waals surface area contributed by atoms with E-state index in [0.717, 1.165) is 32.1 Å². The molecule has 3 heteroatoms. The zero-order chi connectivity index (χ0) is 28.5. The molecule has 0 fully saturated rings. The van der Waals surface area contributed by atoms with Crippen LogP contribution in [0, 0.1) is 0 Å².